The Morgan fingerprint density at radius 1 is 1.41 bits per heavy atom. The molecular weight excluding hydrogens is 298 g/mol. The van der Waals surface area contributed by atoms with Crippen LogP contribution < -0.4 is 0 Å². The minimum Gasteiger partial charge on any atom is -0.455 e. The van der Waals surface area contributed by atoms with Gasteiger partial charge in [0.1, 0.15) is 5.76 Å². The first kappa shape index (κ1) is 15.2. The molecule has 1 saturated heterocycles. The van der Waals surface area contributed by atoms with Crippen molar-refractivity contribution < 1.29 is 9.21 Å². The molecular formula is C16H21N3O2S. The lowest BCUT2D eigenvalue weighted by molar-refractivity contribution is 0.0663. The molecule has 6 heteroatoms. The first-order valence-corrected chi connectivity index (χ1v) is 8.60. The summed E-state index contributed by atoms with van der Waals surface area (Å²) in [6.07, 6.45) is 5.84. The lowest BCUT2D eigenvalue weighted by Gasteiger charge is -2.29. The Labute approximate surface area is 134 Å². The second-order valence-corrected chi connectivity index (χ2v) is 6.79. The van der Waals surface area contributed by atoms with Crippen molar-refractivity contribution in [1.29, 1.82) is 0 Å². The molecule has 1 aliphatic heterocycles. The largest absolute Gasteiger partial charge is 0.455 e. The third-order valence-corrected chi connectivity index (χ3v) is 5.14. The van der Waals surface area contributed by atoms with Crippen molar-refractivity contribution in [2.24, 2.45) is 13.0 Å². The molecule has 0 spiro atoms. The van der Waals surface area contributed by atoms with Crippen molar-refractivity contribution in [2.75, 3.05) is 13.1 Å². The van der Waals surface area contributed by atoms with E-state index in [1.807, 2.05) is 28.8 Å². The molecule has 0 aliphatic carbocycles. The number of nitrogens with zero attached hydrogens (tertiary/aromatic N) is 3. The van der Waals surface area contributed by atoms with Crippen molar-refractivity contribution in [3.8, 4) is 0 Å². The molecule has 0 aromatic carbocycles. The lowest BCUT2D eigenvalue weighted by atomic mass is 9.99. The van der Waals surface area contributed by atoms with E-state index >= 15 is 0 Å². The van der Waals surface area contributed by atoms with Gasteiger partial charge in [0.15, 0.2) is 10.9 Å². The molecule has 3 rings (SSSR count). The van der Waals surface area contributed by atoms with Crippen molar-refractivity contribution in [3.05, 3.63) is 36.0 Å². The predicted molar refractivity (Wildman–Crippen MR) is 85.8 cm³/mol. The summed E-state index contributed by atoms with van der Waals surface area (Å²) in [6.45, 7) is 3.90. The van der Waals surface area contributed by atoms with E-state index in [-0.39, 0.29) is 5.91 Å². The zero-order valence-electron chi connectivity index (χ0n) is 13.0. The Balaban J connectivity index is 1.58. The number of rotatable bonds is 4. The molecule has 0 unspecified atom stereocenters. The number of hydrogen-bond donors (Lipinski definition) is 0. The normalized spacial score (nSPS) is 16.2. The van der Waals surface area contributed by atoms with Gasteiger partial charge in [0.2, 0.25) is 0 Å². The van der Waals surface area contributed by atoms with Crippen LogP contribution in [-0.2, 0) is 12.8 Å². The summed E-state index contributed by atoms with van der Waals surface area (Å²) in [7, 11) is 1.96. The van der Waals surface area contributed by atoms with Gasteiger partial charge in [-0.1, -0.05) is 18.7 Å². The molecule has 0 N–H and O–H groups in total. The van der Waals surface area contributed by atoms with E-state index in [2.05, 4.69) is 11.9 Å². The van der Waals surface area contributed by atoms with Crippen LogP contribution in [-0.4, -0.2) is 33.4 Å². The molecule has 0 radical (unpaired) electrons. The van der Waals surface area contributed by atoms with E-state index in [0.717, 1.165) is 36.8 Å². The van der Waals surface area contributed by atoms with Crippen LogP contribution in [0.5, 0.6) is 0 Å². The lowest BCUT2D eigenvalue weighted by Crippen LogP contribution is -2.37. The highest BCUT2D eigenvalue weighted by molar-refractivity contribution is 7.98. The van der Waals surface area contributed by atoms with Gasteiger partial charge in [0, 0.05) is 32.5 Å². The Kier molecular flexibility index (Phi) is 4.57. The number of aryl methyl sites for hydroxylation is 1. The number of thioether (sulfide) groups is 1. The first-order chi connectivity index (χ1) is 10.6. The molecule has 5 nitrogen and oxygen atoms in total. The van der Waals surface area contributed by atoms with Gasteiger partial charge in [-0.2, -0.15) is 0 Å². The SMILES string of the molecule is CC1CCN(C(=O)c2ccc(CSc3nccn3C)o2)CC1. The second-order valence-electron chi connectivity index (χ2n) is 5.85. The maximum atomic E-state index is 12.4. The van der Waals surface area contributed by atoms with Crippen LogP contribution in [0.3, 0.4) is 0 Å². The second kappa shape index (κ2) is 6.60. The van der Waals surface area contributed by atoms with E-state index in [0.29, 0.717) is 17.4 Å². The highest BCUT2D eigenvalue weighted by Gasteiger charge is 2.23. The minimum absolute atomic E-state index is 0.0140. The number of carbonyl (C=O) groups is 1. The predicted octanol–water partition coefficient (Wildman–Crippen LogP) is 3.18. The van der Waals surface area contributed by atoms with Gasteiger partial charge < -0.3 is 13.9 Å². The average molecular weight is 319 g/mol. The molecule has 1 fully saturated rings. The number of furan rings is 1. The zero-order chi connectivity index (χ0) is 15.5. The van der Waals surface area contributed by atoms with Gasteiger partial charge in [-0.25, -0.2) is 4.98 Å². The Hall–Kier alpha value is -1.69. The fourth-order valence-corrected chi connectivity index (χ4v) is 3.39. The fraction of sp³-hybridized carbons (Fsp3) is 0.500. The summed E-state index contributed by atoms with van der Waals surface area (Å²) in [5, 5.41) is 0.939. The first-order valence-electron chi connectivity index (χ1n) is 7.61. The third-order valence-electron chi connectivity index (χ3n) is 4.06. The smallest absolute Gasteiger partial charge is 0.289 e. The van der Waals surface area contributed by atoms with Gasteiger partial charge >= 0.3 is 0 Å². The Morgan fingerprint density at radius 3 is 2.86 bits per heavy atom. The van der Waals surface area contributed by atoms with Crippen LogP contribution in [0, 0.1) is 5.92 Å². The van der Waals surface area contributed by atoms with Crippen LogP contribution >= 0.6 is 11.8 Å². The van der Waals surface area contributed by atoms with E-state index in [9.17, 15) is 4.79 Å². The van der Waals surface area contributed by atoms with Crippen LogP contribution in [0.25, 0.3) is 0 Å². The van der Waals surface area contributed by atoms with Crippen LogP contribution in [0.1, 0.15) is 36.1 Å². The molecule has 0 atom stereocenters. The molecule has 3 heterocycles. The Morgan fingerprint density at radius 2 is 2.18 bits per heavy atom. The molecule has 1 aliphatic rings. The van der Waals surface area contributed by atoms with E-state index in [1.165, 1.54) is 0 Å². The van der Waals surface area contributed by atoms with Crippen molar-refractivity contribution in [2.45, 2.75) is 30.7 Å². The van der Waals surface area contributed by atoms with Crippen LogP contribution in [0.2, 0.25) is 0 Å². The monoisotopic (exact) mass is 319 g/mol. The van der Waals surface area contributed by atoms with Gasteiger partial charge in [-0.05, 0) is 30.9 Å². The standard InChI is InChI=1S/C16H21N3O2S/c1-12-5-8-19(9-6-12)15(20)14-4-3-13(21-14)11-22-16-17-7-10-18(16)2/h3-4,7,10,12H,5-6,8-9,11H2,1-2H3. The fourth-order valence-electron chi connectivity index (χ4n) is 2.56. The number of carbonyl (C=O) groups excluding carboxylic acids is 1. The topological polar surface area (TPSA) is 51.3 Å². The number of aromatic nitrogens is 2. The highest BCUT2D eigenvalue weighted by Crippen LogP contribution is 2.23. The molecule has 2 aromatic heterocycles. The van der Waals surface area contributed by atoms with Gasteiger partial charge in [0.25, 0.3) is 5.91 Å². The third kappa shape index (κ3) is 3.38. The highest BCUT2D eigenvalue weighted by atomic mass is 32.2. The number of amides is 1. The van der Waals surface area contributed by atoms with Gasteiger partial charge in [-0.3, -0.25) is 4.79 Å². The number of imidazole rings is 1. The summed E-state index contributed by atoms with van der Waals surface area (Å²) in [5.74, 6) is 2.66. The van der Waals surface area contributed by atoms with Crippen LogP contribution in [0.4, 0.5) is 0 Å². The van der Waals surface area contributed by atoms with Crippen molar-refractivity contribution in [1.82, 2.24) is 14.5 Å². The maximum absolute atomic E-state index is 12.4. The van der Waals surface area contributed by atoms with Crippen molar-refractivity contribution in [3.63, 3.8) is 0 Å². The van der Waals surface area contributed by atoms with E-state index < -0.39 is 0 Å². The summed E-state index contributed by atoms with van der Waals surface area (Å²) >= 11 is 1.60. The van der Waals surface area contributed by atoms with Crippen molar-refractivity contribution >= 4 is 17.7 Å². The van der Waals surface area contributed by atoms with Crippen LogP contribution in [0.15, 0.2) is 34.1 Å². The molecule has 0 saturated carbocycles. The molecule has 22 heavy (non-hydrogen) atoms. The summed E-state index contributed by atoms with van der Waals surface area (Å²) < 4.78 is 7.68. The summed E-state index contributed by atoms with van der Waals surface area (Å²) in [5.41, 5.74) is 0. The zero-order valence-corrected chi connectivity index (χ0v) is 13.8. The quantitative estimate of drug-likeness (QED) is 0.812. The average Bonchev–Trinajstić information content (AvgIpc) is 3.14. The number of hydrogen-bond acceptors (Lipinski definition) is 4. The number of likely N-dealkylation sites (tertiary alicyclic amines) is 1. The van der Waals surface area contributed by atoms with Gasteiger partial charge in [0.05, 0.1) is 5.75 Å². The molecule has 0 bridgehead atoms. The van der Waals surface area contributed by atoms with E-state index in [4.69, 9.17) is 4.42 Å². The molecule has 1 amide bonds. The number of piperidine rings is 1. The van der Waals surface area contributed by atoms with Gasteiger partial charge in [-0.15, -0.1) is 0 Å². The van der Waals surface area contributed by atoms with E-state index in [1.54, 1.807) is 24.0 Å². The Bertz CT molecular complexity index is 641. The maximum Gasteiger partial charge on any atom is 0.289 e. The summed E-state index contributed by atoms with van der Waals surface area (Å²) in [4.78, 5) is 18.6. The molecule has 2 aromatic rings. The summed E-state index contributed by atoms with van der Waals surface area (Å²) in [6, 6.07) is 3.67. The molecule has 118 valence electrons. The minimum atomic E-state index is 0.0140.